The Kier molecular flexibility index (Phi) is 3.22. The van der Waals surface area contributed by atoms with Gasteiger partial charge in [0.2, 0.25) is 0 Å². The van der Waals surface area contributed by atoms with Gasteiger partial charge in [-0.25, -0.2) is 0 Å². The van der Waals surface area contributed by atoms with Crippen LogP contribution in [0.25, 0.3) is 10.8 Å². The van der Waals surface area contributed by atoms with E-state index in [0.717, 1.165) is 23.6 Å². The van der Waals surface area contributed by atoms with Gasteiger partial charge in [0.1, 0.15) is 0 Å². The first kappa shape index (κ1) is 13.1. The molecule has 104 valence electrons. The molecule has 1 fully saturated rings. The molecule has 3 nitrogen and oxygen atoms in total. The third kappa shape index (κ3) is 2.41. The molecule has 0 aliphatic heterocycles. The van der Waals surface area contributed by atoms with Crippen LogP contribution in [0, 0.1) is 5.92 Å². The molecule has 0 bridgehead atoms. The van der Waals surface area contributed by atoms with Gasteiger partial charge in [-0.1, -0.05) is 30.3 Å². The summed E-state index contributed by atoms with van der Waals surface area (Å²) in [6, 6.07) is 13.9. The Bertz CT molecular complexity index is 648. The fourth-order valence-corrected chi connectivity index (χ4v) is 2.70. The van der Waals surface area contributed by atoms with Crippen molar-refractivity contribution >= 4 is 16.7 Å². The molecular weight excluding hydrogens is 248 g/mol. The summed E-state index contributed by atoms with van der Waals surface area (Å²) in [5, 5.41) is 5.35. The number of benzene rings is 2. The molecular formula is C17H20N2O. The number of carbonyl (C=O) groups excluding carboxylic acids is 1. The van der Waals surface area contributed by atoms with Gasteiger partial charge < -0.3 is 11.1 Å². The van der Waals surface area contributed by atoms with Gasteiger partial charge in [-0.2, -0.15) is 0 Å². The molecule has 2 aromatic rings. The average molecular weight is 268 g/mol. The summed E-state index contributed by atoms with van der Waals surface area (Å²) in [4.78, 5) is 12.4. The van der Waals surface area contributed by atoms with Crippen molar-refractivity contribution in [1.82, 2.24) is 5.32 Å². The van der Waals surface area contributed by atoms with E-state index in [1.165, 1.54) is 0 Å². The highest BCUT2D eigenvalue weighted by atomic mass is 16.1. The number of hydrogen-bond acceptors (Lipinski definition) is 2. The van der Waals surface area contributed by atoms with Crippen molar-refractivity contribution in [3.8, 4) is 0 Å². The number of carbonyl (C=O) groups is 1. The second kappa shape index (κ2) is 4.91. The summed E-state index contributed by atoms with van der Waals surface area (Å²) in [6.45, 7) is 2.53. The average Bonchev–Trinajstić information content (AvgIpc) is 3.31. The molecule has 3 heteroatoms. The zero-order valence-corrected chi connectivity index (χ0v) is 11.7. The van der Waals surface area contributed by atoms with Crippen molar-refractivity contribution in [3.05, 3.63) is 48.0 Å². The maximum atomic E-state index is 12.4. The number of nitrogens with two attached hydrogens (primary N) is 1. The fourth-order valence-electron chi connectivity index (χ4n) is 2.70. The minimum atomic E-state index is -0.275. The number of hydrogen-bond donors (Lipinski definition) is 2. The monoisotopic (exact) mass is 268 g/mol. The first-order valence-corrected chi connectivity index (χ1v) is 7.14. The number of fused-ring (bicyclic) bond motifs is 1. The Hall–Kier alpha value is -1.87. The van der Waals surface area contributed by atoms with Gasteiger partial charge >= 0.3 is 0 Å². The van der Waals surface area contributed by atoms with Crippen LogP contribution < -0.4 is 11.1 Å². The quantitative estimate of drug-likeness (QED) is 0.895. The standard InChI is InChI=1S/C17H20N2O/c1-17(11-18,15-8-9-15)19-16(20)14-7-6-12-4-2-3-5-13(12)10-14/h2-7,10,15H,8-9,11,18H2,1H3,(H,19,20). The van der Waals surface area contributed by atoms with Gasteiger partial charge in [0, 0.05) is 12.1 Å². The van der Waals surface area contributed by atoms with E-state index in [2.05, 4.69) is 5.32 Å². The minimum absolute atomic E-state index is 0.0318. The molecule has 0 saturated heterocycles. The smallest absolute Gasteiger partial charge is 0.251 e. The molecule has 0 heterocycles. The van der Waals surface area contributed by atoms with Gasteiger partial charge in [-0.05, 0) is 48.6 Å². The summed E-state index contributed by atoms with van der Waals surface area (Å²) in [7, 11) is 0. The molecule has 3 rings (SSSR count). The third-order valence-electron chi connectivity index (χ3n) is 4.31. The lowest BCUT2D eigenvalue weighted by Crippen LogP contribution is -2.53. The lowest BCUT2D eigenvalue weighted by Gasteiger charge is -2.29. The Morgan fingerprint density at radius 3 is 2.60 bits per heavy atom. The van der Waals surface area contributed by atoms with Crippen molar-refractivity contribution in [2.24, 2.45) is 11.7 Å². The van der Waals surface area contributed by atoms with Crippen molar-refractivity contribution in [2.45, 2.75) is 25.3 Å². The topological polar surface area (TPSA) is 55.1 Å². The van der Waals surface area contributed by atoms with E-state index in [9.17, 15) is 4.79 Å². The molecule has 1 saturated carbocycles. The summed E-state index contributed by atoms with van der Waals surface area (Å²) in [5.74, 6) is 0.493. The maximum absolute atomic E-state index is 12.4. The summed E-state index contributed by atoms with van der Waals surface area (Å²) >= 11 is 0. The summed E-state index contributed by atoms with van der Waals surface area (Å²) < 4.78 is 0. The van der Waals surface area contributed by atoms with E-state index in [4.69, 9.17) is 5.73 Å². The highest BCUT2D eigenvalue weighted by Crippen LogP contribution is 2.39. The van der Waals surface area contributed by atoms with Crippen LogP contribution in [0.4, 0.5) is 0 Å². The Morgan fingerprint density at radius 1 is 1.25 bits per heavy atom. The molecule has 1 atom stereocenters. The molecule has 2 aromatic carbocycles. The number of amides is 1. The molecule has 1 aliphatic rings. The van der Waals surface area contributed by atoms with E-state index in [-0.39, 0.29) is 11.4 Å². The first-order chi connectivity index (χ1) is 9.62. The van der Waals surface area contributed by atoms with Crippen LogP contribution in [-0.2, 0) is 0 Å². The highest BCUT2D eigenvalue weighted by molar-refractivity contribution is 5.99. The Morgan fingerprint density at radius 2 is 1.95 bits per heavy atom. The maximum Gasteiger partial charge on any atom is 0.251 e. The van der Waals surface area contributed by atoms with Gasteiger partial charge in [0.15, 0.2) is 0 Å². The third-order valence-corrected chi connectivity index (χ3v) is 4.31. The van der Waals surface area contributed by atoms with Crippen LogP contribution in [0.15, 0.2) is 42.5 Å². The van der Waals surface area contributed by atoms with Crippen molar-refractivity contribution in [1.29, 1.82) is 0 Å². The lowest BCUT2D eigenvalue weighted by molar-refractivity contribution is 0.0898. The van der Waals surface area contributed by atoms with Crippen LogP contribution in [0.2, 0.25) is 0 Å². The van der Waals surface area contributed by atoms with E-state index >= 15 is 0 Å². The van der Waals surface area contributed by atoms with E-state index in [0.29, 0.717) is 18.0 Å². The molecule has 1 amide bonds. The summed E-state index contributed by atoms with van der Waals surface area (Å²) in [5.41, 5.74) is 6.27. The van der Waals surface area contributed by atoms with Crippen LogP contribution in [-0.4, -0.2) is 18.0 Å². The van der Waals surface area contributed by atoms with Crippen molar-refractivity contribution < 1.29 is 4.79 Å². The number of rotatable bonds is 4. The second-order valence-electron chi connectivity index (χ2n) is 5.91. The van der Waals surface area contributed by atoms with E-state index in [1.54, 1.807) is 0 Å². The Balaban J connectivity index is 1.84. The van der Waals surface area contributed by atoms with Gasteiger partial charge in [-0.15, -0.1) is 0 Å². The summed E-state index contributed by atoms with van der Waals surface area (Å²) in [6.07, 6.45) is 2.32. The van der Waals surface area contributed by atoms with Crippen molar-refractivity contribution in [2.75, 3.05) is 6.54 Å². The minimum Gasteiger partial charge on any atom is -0.345 e. The van der Waals surface area contributed by atoms with Crippen LogP contribution in [0.3, 0.4) is 0 Å². The SMILES string of the molecule is CC(CN)(NC(=O)c1ccc2ccccc2c1)C1CC1. The van der Waals surface area contributed by atoms with Gasteiger partial charge in [0.05, 0.1) is 5.54 Å². The molecule has 0 spiro atoms. The predicted molar refractivity (Wildman–Crippen MR) is 81.6 cm³/mol. The fraction of sp³-hybridized carbons (Fsp3) is 0.353. The van der Waals surface area contributed by atoms with Crippen LogP contribution >= 0.6 is 0 Å². The Labute approximate surface area is 119 Å². The normalized spacial score (nSPS) is 17.7. The van der Waals surface area contributed by atoms with Gasteiger partial charge in [-0.3, -0.25) is 4.79 Å². The number of nitrogens with one attached hydrogen (secondary N) is 1. The van der Waals surface area contributed by atoms with Crippen molar-refractivity contribution in [3.63, 3.8) is 0 Å². The molecule has 0 aromatic heterocycles. The molecule has 3 N–H and O–H groups in total. The van der Waals surface area contributed by atoms with E-state index in [1.807, 2.05) is 49.4 Å². The van der Waals surface area contributed by atoms with Crippen LogP contribution in [0.1, 0.15) is 30.1 Å². The largest absolute Gasteiger partial charge is 0.345 e. The molecule has 0 radical (unpaired) electrons. The second-order valence-corrected chi connectivity index (χ2v) is 5.91. The first-order valence-electron chi connectivity index (χ1n) is 7.14. The van der Waals surface area contributed by atoms with Gasteiger partial charge in [0.25, 0.3) is 5.91 Å². The van der Waals surface area contributed by atoms with E-state index < -0.39 is 0 Å². The zero-order chi connectivity index (χ0) is 14.2. The van der Waals surface area contributed by atoms with Crippen LogP contribution in [0.5, 0.6) is 0 Å². The molecule has 1 unspecified atom stereocenters. The highest BCUT2D eigenvalue weighted by Gasteiger charge is 2.41. The molecule has 1 aliphatic carbocycles. The predicted octanol–water partition coefficient (Wildman–Crippen LogP) is 2.70. The lowest BCUT2D eigenvalue weighted by atomic mass is 9.95. The molecule has 20 heavy (non-hydrogen) atoms. The zero-order valence-electron chi connectivity index (χ0n) is 11.7.